The summed E-state index contributed by atoms with van der Waals surface area (Å²) in [5.74, 6) is 0.883. The number of rotatable bonds is 5. The Kier molecular flexibility index (Phi) is 6.30. The monoisotopic (exact) mass is 160 g/mol. The fourth-order valence-corrected chi connectivity index (χ4v) is 1.33. The molecular formula is C9H20S. The predicted octanol–water partition coefficient (Wildman–Crippen LogP) is 3.56. The van der Waals surface area contributed by atoms with E-state index in [-0.39, 0.29) is 0 Å². The second-order valence-corrected chi connectivity index (χ2v) is 4.65. The smallest absolute Gasteiger partial charge is 0.00159 e. The lowest BCUT2D eigenvalue weighted by Gasteiger charge is -2.08. The fourth-order valence-electron chi connectivity index (χ4n) is 0.931. The maximum absolute atomic E-state index is 2.31. The molecule has 0 fully saturated rings. The summed E-state index contributed by atoms with van der Waals surface area (Å²) >= 11 is 1.98. The van der Waals surface area contributed by atoms with Gasteiger partial charge in [0.15, 0.2) is 0 Å². The Morgan fingerprint density at radius 3 is 2.10 bits per heavy atom. The summed E-state index contributed by atoms with van der Waals surface area (Å²) in [6.45, 7) is 6.90. The van der Waals surface area contributed by atoms with Gasteiger partial charge in [-0.05, 0) is 18.6 Å². The van der Waals surface area contributed by atoms with Crippen molar-refractivity contribution in [2.45, 2.75) is 45.3 Å². The lowest BCUT2D eigenvalue weighted by atomic mass is 10.1. The first-order valence-electron chi connectivity index (χ1n) is 4.19. The maximum Gasteiger partial charge on any atom is 0.00159 e. The zero-order chi connectivity index (χ0) is 7.98. The lowest BCUT2D eigenvalue weighted by Crippen LogP contribution is -1.96. The third-order valence-electron chi connectivity index (χ3n) is 1.79. The summed E-state index contributed by atoms with van der Waals surface area (Å²) in [5, 5.41) is 0.860. The van der Waals surface area contributed by atoms with Crippen LogP contribution in [-0.4, -0.2) is 11.5 Å². The van der Waals surface area contributed by atoms with Crippen molar-refractivity contribution in [1.29, 1.82) is 0 Å². The summed E-state index contributed by atoms with van der Waals surface area (Å²) in [4.78, 5) is 0. The molecule has 62 valence electrons. The molecule has 0 amide bonds. The van der Waals surface area contributed by atoms with Crippen LogP contribution >= 0.6 is 11.8 Å². The van der Waals surface area contributed by atoms with Gasteiger partial charge in [-0.3, -0.25) is 0 Å². The first-order chi connectivity index (χ1) is 4.66. The van der Waals surface area contributed by atoms with Crippen LogP contribution in [0.4, 0.5) is 0 Å². The van der Waals surface area contributed by atoms with Gasteiger partial charge >= 0.3 is 0 Å². The molecule has 0 aliphatic rings. The molecule has 10 heavy (non-hydrogen) atoms. The SMILES string of the molecule is CSC(C)CCCC(C)C. The highest BCUT2D eigenvalue weighted by Gasteiger charge is 1.99. The molecule has 0 saturated heterocycles. The molecule has 0 bridgehead atoms. The molecule has 0 spiro atoms. The highest BCUT2D eigenvalue weighted by atomic mass is 32.2. The van der Waals surface area contributed by atoms with Crippen LogP contribution in [-0.2, 0) is 0 Å². The van der Waals surface area contributed by atoms with Gasteiger partial charge in [-0.15, -0.1) is 0 Å². The van der Waals surface area contributed by atoms with Crippen LogP contribution in [0.25, 0.3) is 0 Å². The van der Waals surface area contributed by atoms with E-state index in [0.29, 0.717) is 0 Å². The second kappa shape index (κ2) is 6.09. The molecule has 0 aromatic carbocycles. The quantitative estimate of drug-likeness (QED) is 0.592. The minimum atomic E-state index is 0.860. The van der Waals surface area contributed by atoms with Crippen LogP contribution in [0.1, 0.15) is 40.0 Å². The molecule has 0 N–H and O–H groups in total. The van der Waals surface area contributed by atoms with Gasteiger partial charge in [-0.25, -0.2) is 0 Å². The molecule has 0 nitrogen and oxygen atoms in total. The average molecular weight is 160 g/mol. The topological polar surface area (TPSA) is 0 Å². The van der Waals surface area contributed by atoms with Gasteiger partial charge in [-0.1, -0.05) is 33.6 Å². The summed E-state index contributed by atoms with van der Waals surface area (Å²) in [6.07, 6.45) is 6.38. The Bertz CT molecular complexity index is 69.1. The van der Waals surface area contributed by atoms with E-state index in [1.807, 2.05) is 11.8 Å². The molecule has 0 aromatic heterocycles. The van der Waals surface area contributed by atoms with Gasteiger partial charge in [0.1, 0.15) is 0 Å². The van der Waals surface area contributed by atoms with Gasteiger partial charge in [-0.2, -0.15) is 11.8 Å². The predicted molar refractivity (Wildman–Crippen MR) is 51.7 cm³/mol. The van der Waals surface area contributed by atoms with Crippen LogP contribution < -0.4 is 0 Å². The molecule has 0 saturated carbocycles. The summed E-state index contributed by atoms with van der Waals surface area (Å²) in [6, 6.07) is 0. The lowest BCUT2D eigenvalue weighted by molar-refractivity contribution is 0.538. The molecule has 1 unspecified atom stereocenters. The number of hydrogen-bond donors (Lipinski definition) is 0. The van der Waals surface area contributed by atoms with Gasteiger partial charge in [0.2, 0.25) is 0 Å². The third-order valence-corrected chi connectivity index (χ3v) is 2.83. The minimum Gasteiger partial charge on any atom is -0.162 e. The molecular weight excluding hydrogens is 140 g/mol. The third kappa shape index (κ3) is 6.47. The van der Waals surface area contributed by atoms with E-state index in [2.05, 4.69) is 27.0 Å². The van der Waals surface area contributed by atoms with Crippen LogP contribution in [0.5, 0.6) is 0 Å². The van der Waals surface area contributed by atoms with Crippen molar-refractivity contribution in [1.82, 2.24) is 0 Å². The normalized spacial score (nSPS) is 14.1. The molecule has 0 aliphatic heterocycles. The van der Waals surface area contributed by atoms with Crippen LogP contribution in [0.2, 0.25) is 0 Å². The largest absolute Gasteiger partial charge is 0.162 e. The highest BCUT2D eigenvalue weighted by molar-refractivity contribution is 7.99. The van der Waals surface area contributed by atoms with Crippen LogP contribution in [0, 0.1) is 5.92 Å². The van der Waals surface area contributed by atoms with E-state index in [0.717, 1.165) is 11.2 Å². The van der Waals surface area contributed by atoms with Gasteiger partial charge in [0.25, 0.3) is 0 Å². The second-order valence-electron chi connectivity index (χ2n) is 3.37. The zero-order valence-corrected chi connectivity index (χ0v) is 8.50. The molecule has 0 aliphatic carbocycles. The standard InChI is InChI=1S/C9H20S/c1-8(2)6-5-7-9(3)10-4/h8-9H,5-7H2,1-4H3. The first kappa shape index (κ1) is 10.3. The summed E-state index contributed by atoms with van der Waals surface area (Å²) in [5.41, 5.74) is 0. The van der Waals surface area contributed by atoms with Gasteiger partial charge < -0.3 is 0 Å². The van der Waals surface area contributed by atoms with E-state index >= 15 is 0 Å². The summed E-state index contributed by atoms with van der Waals surface area (Å²) < 4.78 is 0. The molecule has 0 aromatic rings. The van der Waals surface area contributed by atoms with E-state index in [9.17, 15) is 0 Å². The van der Waals surface area contributed by atoms with Crippen molar-refractivity contribution < 1.29 is 0 Å². The van der Waals surface area contributed by atoms with E-state index in [1.165, 1.54) is 19.3 Å². The van der Waals surface area contributed by atoms with Crippen molar-refractivity contribution in [2.75, 3.05) is 6.26 Å². The van der Waals surface area contributed by atoms with E-state index in [1.54, 1.807) is 0 Å². The zero-order valence-electron chi connectivity index (χ0n) is 7.68. The van der Waals surface area contributed by atoms with Crippen LogP contribution in [0.15, 0.2) is 0 Å². The first-order valence-corrected chi connectivity index (χ1v) is 5.48. The Balaban J connectivity index is 3.03. The number of thioether (sulfide) groups is 1. The van der Waals surface area contributed by atoms with Crippen molar-refractivity contribution in [2.24, 2.45) is 5.92 Å². The number of hydrogen-bond acceptors (Lipinski definition) is 1. The van der Waals surface area contributed by atoms with E-state index in [4.69, 9.17) is 0 Å². The van der Waals surface area contributed by atoms with Crippen molar-refractivity contribution in [3.8, 4) is 0 Å². The van der Waals surface area contributed by atoms with Crippen molar-refractivity contribution >= 4 is 11.8 Å². The fraction of sp³-hybridized carbons (Fsp3) is 1.00. The molecule has 0 rings (SSSR count). The van der Waals surface area contributed by atoms with Crippen molar-refractivity contribution in [3.05, 3.63) is 0 Å². The molecule has 0 heterocycles. The Hall–Kier alpha value is 0.350. The summed E-state index contributed by atoms with van der Waals surface area (Å²) in [7, 11) is 0. The maximum atomic E-state index is 2.31. The highest BCUT2D eigenvalue weighted by Crippen LogP contribution is 2.15. The Morgan fingerprint density at radius 1 is 1.10 bits per heavy atom. The molecule has 1 atom stereocenters. The van der Waals surface area contributed by atoms with Crippen molar-refractivity contribution in [3.63, 3.8) is 0 Å². The van der Waals surface area contributed by atoms with Crippen LogP contribution in [0.3, 0.4) is 0 Å². The molecule has 1 heteroatoms. The van der Waals surface area contributed by atoms with E-state index < -0.39 is 0 Å². The molecule has 0 radical (unpaired) electrons. The minimum absolute atomic E-state index is 0.860. The Labute approximate surface area is 69.8 Å². The Morgan fingerprint density at radius 2 is 1.70 bits per heavy atom. The van der Waals surface area contributed by atoms with Gasteiger partial charge in [0.05, 0.1) is 0 Å². The van der Waals surface area contributed by atoms with Gasteiger partial charge in [0, 0.05) is 5.25 Å². The average Bonchev–Trinajstić information content (AvgIpc) is 1.87.